The lowest BCUT2D eigenvalue weighted by molar-refractivity contribution is -0.120. The minimum atomic E-state index is 0.0442. The van der Waals surface area contributed by atoms with Gasteiger partial charge in [-0.25, -0.2) is 0 Å². The Balaban J connectivity index is 2.33. The molecule has 1 amide bonds. The van der Waals surface area contributed by atoms with Gasteiger partial charge in [-0.3, -0.25) is 9.78 Å². The largest absolute Gasteiger partial charge is 0.491 e. The molecule has 4 nitrogen and oxygen atoms in total. The molecule has 22 heavy (non-hydrogen) atoms. The number of nitrogens with one attached hydrogen (secondary N) is 1. The lowest BCUT2D eigenvalue weighted by atomic mass is 10.0. The van der Waals surface area contributed by atoms with Crippen molar-refractivity contribution in [2.45, 2.75) is 40.0 Å². The Bertz CT molecular complexity index is 636. The van der Waals surface area contributed by atoms with E-state index in [1.54, 1.807) is 6.20 Å². The maximum atomic E-state index is 12.3. The molecule has 2 rings (SSSR count). The van der Waals surface area contributed by atoms with Crippen molar-refractivity contribution < 1.29 is 9.53 Å². The number of ether oxygens (including phenoxy) is 1. The minimum absolute atomic E-state index is 0.0442. The fraction of sp³-hybridized carbons (Fsp3) is 0.444. The quantitative estimate of drug-likeness (QED) is 0.824. The number of carbonyl (C=O) groups is 1. The number of pyridine rings is 1. The van der Waals surface area contributed by atoms with Gasteiger partial charge in [0.15, 0.2) is 0 Å². The molecule has 1 aromatic heterocycles. The Morgan fingerprint density at radius 1 is 1.23 bits per heavy atom. The van der Waals surface area contributed by atoms with Crippen LogP contribution in [0.3, 0.4) is 0 Å². The number of fused-ring (bicyclic) bond motifs is 1. The summed E-state index contributed by atoms with van der Waals surface area (Å²) in [4.78, 5) is 16.7. The Morgan fingerprint density at radius 3 is 2.68 bits per heavy atom. The summed E-state index contributed by atoms with van der Waals surface area (Å²) in [6, 6.07) is 7.62. The van der Waals surface area contributed by atoms with Gasteiger partial charge in [0.05, 0.1) is 12.3 Å². The molecule has 0 aliphatic heterocycles. The summed E-state index contributed by atoms with van der Waals surface area (Å²) in [5, 5.41) is 3.95. The second kappa shape index (κ2) is 7.78. The van der Waals surface area contributed by atoms with Crippen LogP contribution in [-0.4, -0.2) is 17.5 Å². The van der Waals surface area contributed by atoms with Gasteiger partial charge in [-0.2, -0.15) is 0 Å². The summed E-state index contributed by atoms with van der Waals surface area (Å²) < 4.78 is 5.74. The summed E-state index contributed by atoms with van der Waals surface area (Å²) in [5.74, 6) is 0.873. The zero-order valence-corrected chi connectivity index (χ0v) is 13.6. The summed E-state index contributed by atoms with van der Waals surface area (Å²) in [6.45, 7) is 6.80. The third kappa shape index (κ3) is 3.56. The van der Waals surface area contributed by atoms with Crippen molar-refractivity contribution in [1.82, 2.24) is 4.98 Å². The van der Waals surface area contributed by atoms with Gasteiger partial charge >= 0.3 is 0 Å². The number of aromatic nitrogens is 1. The molecule has 1 heterocycles. The first-order valence-electron chi connectivity index (χ1n) is 8.02. The van der Waals surface area contributed by atoms with Gasteiger partial charge in [-0.15, -0.1) is 0 Å². The number of carbonyl (C=O) groups excluding carboxylic acids is 1. The molecule has 0 radical (unpaired) electrons. The highest BCUT2D eigenvalue weighted by molar-refractivity contribution is 6.03. The average molecular weight is 300 g/mol. The van der Waals surface area contributed by atoms with Crippen LogP contribution in [0.15, 0.2) is 30.5 Å². The van der Waals surface area contributed by atoms with E-state index in [1.807, 2.05) is 38.1 Å². The van der Waals surface area contributed by atoms with Gasteiger partial charge in [0.25, 0.3) is 0 Å². The molecular formula is C18H24N2O2. The van der Waals surface area contributed by atoms with Gasteiger partial charge in [-0.1, -0.05) is 20.8 Å². The van der Waals surface area contributed by atoms with Crippen molar-refractivity contribution in [2.75, 3.05) is 11.9 Å². The van der Waals surface area contributed by atoms with E-state index < -0.39 is 0 Å². The number of hydrogen-bond acceptors (Lipinski definition) is 3. The van der Waals surface area contributed by atoms with E-state index in [2.05, 4.69) is 17.2 Å². The van der Waals surface area contributed by atoms with E-state index in [4.69, 9.17) is 4.74 Å². The molecule has 0 aliphatic carbocycles. The molecule has 118 valence electrons. The van der Waals surface area contributed by atoms with Crippen LogP contribution in [0.25, 0.3) is 10.9 Å². The normalized spacial score (nSPS) is 10.9. The van der Waals surface area contributed by atoms with Crippen LogP contribution in [0.2, 0.25) is 0 Å². The first-order valence-corrected chi connectivity index (χ1v) is 8.02. The highest BCUT2D eigenvalue weighted by Gasteiger charge is 2.16. The summed E-state index contributed by atoms with van der Waals surface area (Å²) in [6.07, 6.45) is 4.38. The number of amides is 1. The topological polar surface area (TPSA) is 51.2 Å². The van der Waals surface area contributed by atoms with E-state index in [9.17, 15) is 4.79 Å². The molecule has 0 fully saturated rings. The molecule has 0 atom stereocenters. The van der Waals surface area contributed by atoms with E-state index in [1.165, 1.54) is 0 Å². The Morgan fingerprint density at radius 2 is 2.00 bits per heavy atom. The van der Waals surface area contributed by atoms with Crippen LogP contribution >= 0.6 is 0 Å². The van der Waals surface area contributed by atoms with Gasteiger partial charge in [-0.05, 0) is 43.5 Å². The second-order valence-corrected chi connectivity index (χ2v) is 5.36. The Labute approximate surface area is 131 Å². The van der Waals surface area contributed by atoms with E-state index in [0.29, 0.717) is 6.61 Å². The molecular weight excluding hydrogens is 276 g/mol. The minimum Gasteiger partial charge on any atom is -0.491 e. The van der Waals surface area contributed by atoms with Gasteiger partial charge in [0.1, 0.15) is 11.3 Å². The van der Waals surface area contributed by atoms with Crippen LogP contribution in [0, 0.1) is 5.92 Å². The average Bonchev–Trinajstić information content (AvgIpc) is 2.55. The van der Waals surface area contributed by atoms with Crippen molar-refractivity contribution in [2.24, 2.45) is 5.92 Å². The van der Waals surface area contributed by atoms with Crippen molar-refractivity contribution >= 4 is 22.5 Å². The SMILES string of the molecule is CCCOc1ccc(NC(=O)C(CC)CC)c2cccnc12. The monoisotopic (exact) mass is 300 g/mol. The maximum Gasteiger partial charge on any atom is 0.227 e. The predicted octanol–water partition coefficient (Wildman–Crippen LogP) is 4.40. The van der Waals surface area contributed by atoms with Crippen LogP contribution in [-0.2, 0) is 4.79 Å². The van der Waals surface area contributed by atoms with Crippen LogP contribution in [0.1, 0.15) is 40.0 Å². The van der Waals surface area contributed by atoms with Gasteiger partial charge < -0.3 is 10.1 Å². The van der Waals surface area contributed by atoms with E-state index in [0.717, 1.165) is 41.6 Å². The molecule has 0 saturated carbocycles. The molecule has 0 spiro atoms. The molecule has 0 saturated heterocycles. The molecule has 2 aromatic rings. The van der Waals surface area contributed by atoms with Crippen LogP contribution in [0.4, 0.5) is 5.69 Å². The standard InChI is InChI=1S/C18H24N2O2/c1-4-12-22-16-10-9-15(14-8-7-11-19-17(14)16)20-18(21)13(5-2)6-3/h7-11,13H,4-6,12H2,1-3H3,(H,20,21). The summed E-state index contributed by atoms with van der Waals surface area (Å²) in [5.41, 5.74) is 1.59. The van der Waals surface area contributed by atoms with Crippen LogP contribution < -0.4 is 10.1 Å². The van der Waals surface area contributed by atoms with Crippen molar-refractivity contribution in [3.8, 4) is 5.75 Å². The maximum absolute atomic E-state index is 12.3. The van der Waals surface area contributed by atoms with Gasteiger partial charge in [0.2, 0.25) is 5.91 Å². The summed E-state index contributed by atoms with van der Waals surface area (Å²) in [7, 11) is 0. The fourth-order valence-corrected chi connectivity index (χ4v) is 2.48. The number of hydrogen-bond donors (Lipinski definition) is 1. The number of nitrogens with zero attached hydrogens (tertiary/aromatic N) is 1. The lowest BCUT2D eigenvalue weighted by Gasteiger charge is -2.15. The van der Waals surface area contributed by atoms with Crippen molar-refractivity contribution in [3.05, 3.63) is 30.5 Å². The second-order valence-electron chi connectivity index (χ2n) is 5.36. The first kappa shape index (κ1) is 16.3. The number of anilines is 1. The zero-order valence-electron chi connectivity index (χ0n) is 13.6. The Kier molecular flexibility index (Phi) is 5.75. The predicted molar refractivity (Wildman–Crippen MR) is 90.2 cm³/mol. The number of benzene rings is 1. The number of rotatable bonds is 7. The third-order valence-electron chi connectivity index (χ3n) is 3.81. The highest BCUT2D eigenvalue weighted by Crippen LogP contribution is 2.30. The summed E-state index contributed by atoms with van der Waals surface area (Å²) >= 11 is 0. The lowest BCUT2D eigenvalue weighted by Crippen LogP contribution is -2.21. The molecule has 0 unspecified atom stereocenters. The van der Waals surface area contributed by atoms with E-state index >= 15 is 0 Å². The third-order valence-corrected chi connectivity index (χ3v) is 3.81. The molecule has 4 heteroatoms. The molecule has 1 aromatic carbocycles. The first-order chi connectivity index (χ1) is 10.7. The smallest absolute Gasteiger partial charge is 0.227 e. The zero-order chi connectivity index (χ0) is 15.9. The van der Waals surface area contributed by atoms with Crippen molar-refractivity contribution in [1.29, 1.82) is 0 Å². The highest BCUT2D eigenvalue weighted by atomic mass is 16.5. The van der Waals surface area contributed by atoms with Gasteiger partial charge in [0, 0.05) is 17.5 Å². The fourth-order valence-electron chi connectivity index (χ4n) is 2.48. The Hall–Kier alpha value is -2.10. The van der Waals surface area contributed by atoms with Crippen molar-refractivity contribution in [3.63, 3.8) is 0 Å². The molecule has 0 bridgehead atoms. The molecule has 1 N–H and O–H groups in total. The van der Waals surface area contributed by atoms with E-state index in [-0.39, 0.29) is 11.8 Å². The van der Waals surface area contributed by atoms with Crippen LogP contribution in [0.5, 0.6) is 5.75 Å². The molecule has 0 aliphatic rings.